The molecule has 2 heterocycles. The number of para-hydroxylation sites is 1. The third-order valence-electron chi connectivity index (χ3n) is 3.01. The fraction of sp³-hybridized carbons (Fsp3) is 0.143. The molecule has 0 amide bonds. The minimum Gasteiger partial charge on any atom is -0.461 e. The van der Waals surface area contributed by atoms with Crippen LogP contribution in [0.4, 0.5) is 5.69 Å². The minimum atomic E-state index is -0.481. The van der Waals surface area contributed by atoms with Crippen molar-refractivity contribution in [3.8, 4) is 10.4 Å². The molecule has 3 aromatic rings. The van der Waals surface area contributed by atoms with Crippen LogP contribution in [0.2, 0.25) is 0 Å². The fourth-order valence-electron chi connectivity index (χ4n) is 2.06. The lowest BCUT2D eigenvalue weighted by molar-refractivity contribution is -0.384. The summed E-state index contributed by atoms with van der Waals surface area (Å²) in [5.74, 6) is -0.481. The smallest absolute Gasteiger partial charge is 0.358 e. The van der Waals surface area contributed by atoms with Crippen LogP contribution in [-0.4, -0.2) is 26.9 Å². The Labute approximate surface area is 128 Å². The summed E-state index contributed by atoms with van der Waals surface area (Å²) >= 11 is 1.28. The Balaban J connectivity index is 2.02. The van der Waals surface area contributed by atoms with E-state index in [0.29, 0.717) is 15.4 Å². The molecule has 0 atom stereocenters. The average molecular weight is 317 g/mol. The van der Waals surface area contributed by atoms with E-state index in [2.05, 4.69) is 4.98 Å². The molecule has 2 aromatic heterocycles. The van der Waals surface area contributed by atoms with Gasteiger partial charge in [-0.1, -0.05) is 23.5 Å². The first kappa shape index (κ1) is 14.2. The molecule has 0 aliphatic carbocycles. The summed E-state index contributed by atoms with van der Waals surface area (Å²) in [5, 5.41) is 11.1. The molecule has 0 saturated heterocycles. The van der Waals surface area contributed by atoms with Crippen molar-refractivity contribution >= 4 is 28.0 Å². The Morgan fingerprint density at radius 3 is 2.86 bits per heavy atom. The van der Waals surface area contributed by atoms with Gasteiger partial charge in [-0.3, -0.25) is 14.5 Å². The van der Waals surface area contributed by atoms with Crippen molar-refractivity contribution in [3.05, 3.63) is 52.5 Å². The van der Waals surface area contributed by atoms with Crippen LogP contribution in [0.1, 0.15) is 17.4 Å². The zero-order valence-corrected chi connectivity index (χ0v) is 12.4. The van der Waals surface area contributed by atoms with Crippen LogP contribution >= 0.6 is 11.3 Å². The van der Waals surface area contributed by atoms with E-state index in [1.165, 1.54) is 17.4 Å². The van der Waals surface area contributed by atoms with E-state index in [1.54, 1.807) is 41.9 Å². The molecule has 0 N–H and O–H groups in total. The lowest BCUT2D eigenvalue weighted by atomic mass is 10.1. The van der Waals surface area contributed by atoms with Crippen molar-refractivity contribution in [2.75, 3.05) is 6.61 Å². The van der Waals surface area contributed by atoms with Gasteiger partial charge in [-0.25, -0.2) is 9.78 Å². The number of carbonyl (C=O) groups is 1. The van der Waals surface area contributed by atoms with E-state index in [0.717, 1.165) is 0 Å². The van der Waals surface area contributed by atoms with Gasteiger partial charge in [0.05, 0.1) is 22.0 Å². The SMILES string of the molecule is CCOC(=O)c1cn2cc(-c3ccccc3[N+](=O)[O-])sc2n1. The molecule has 0 radical (unpaired) electrons. The van der Waals surface area contributed by atoms with Crippen LogP contribution < -0.4 is 0 Å². The van der Waals surface area contributed by atoms with E-state index in [1.807, 2.05) is 0 Å². The summed E-state index contributed by atoms with van der Waals surface area (Å²) in [5.41, 5.74) is 0.792. The lowest BCUT2D eigenvalue weighted by Gasteiger charge is -1.98. The van der Waals surface area contributed by atoms with Crippen LogP contribution in [0.25, 0.3) is 15.4 Å². The number of hydrogen-bond donors (Lipinski definition) is 0. The van der Waals surface area contributed by atoms with Crippen LogP contribution in [-0.2, 0) is 4.74 Å². The predicted molar refractivity (Wildman–Crippen MR) is 81.1 cm³/mol. The first-order valence-corrected chi connectivity index (χ1v) is 7.31. The molecule has 0 unspecified atom stereocenters. The van der Waals surface area contributed by atoms with Crippen molar-refractivity contribution < 1.29 is 14.5 Å². The number of ether oxygens (including phenoxy) is 1. The number of fused-ring (bicyclic) bond motifs is 1. The quantitative estimate of drug-likeness (QED) is 0.419. The molecule has 0 aliphatic heterocycles. The molecule has 0 aliphatic rings. The molecule has 112 valence electrons. The van der Waals surface area contributed by atoms with Crippen LogP contribution in [0.15, 0.2) is 36.7 Å². The molecular formula is C14H11N3O4S. The molecule has 3 rings (SSSR count). The van der Waals surface area contributed by atoms with E-state index in [-0.39, 0.29) is 18.0 Å². The normalized spacial score (nSPS) is 10.8. The van der Waals surface area contributed by atoms with Crippen molar-refractivity contribution in [1.29, 1.82) is 0 Å². The van der Waals surface area contributed by atoms with Crippen molar-refractivity contribution in [1.82, 2.24) is 9.38 Å². The van der Waals surface area contributed by atoms with Gasteiger partial charge in [0.1, 0.15) is 0 Å². The third kappa shape index (κ3) is 2.44. The highest BCUT2D eigenvalue weighted by Gasteiger charge is 2.19. The van der Waals surface area contributed by atoms with Gasteiger partial charge < -0.3 is 4.74 Å². The Bertz CT molecular complexity index is 836. The zero-order chi connectivity index (χ0) is 15.7. The van der Waals surface area contributed by atoms with E-state index < -0.39 is 10.9 Å². The van der Waals surface area contributed by atoms with Crippen molar-refractivity contribution in [3.63, 3.8) is 0 Å². The predicted octanol–water partition coefficient (Wildman–Crippen LogP) is 3.15. The highest BCUT2D eigenvalue weighted by molar-refractivity contribution is 7.20. The van der Waals surface area contributed by atoms with Crippen LogP contribution in [0.3, 0.4) is 0 Å². The number of esters is 1. The van der Waals surface area contributed by atoms with E-state index in [9.17, 15) is 14.9 Å². The second-order valence-corrected chi connectivity index (χ2v) is 5.42. The Morgan fingerprint density at radius 2 is 2.18 bits per heavy atom. The molecule has 0 bridgehead atoms. The Hall–Kier alpha value is -2.74. The monoisotopic (exact) mass is 317 g/mol. The molecule has 22 heavy (non-hydrogen) atoms. The number of thiazole rings is 1. The van der Waals surface area contributed by atoms with Crippen molar-refractivity contribution in [2.24, 2.45) is 0 Å². The molecular weight excluding hydrogens is 306 g/mol. The van der Waals surface area contributed by atoms with Gasteiger partial charge in [-0.05, 0) is 13.0 Å². The number of hydrogen-bond acceptors (Lipinski definition) is 6. The second-order valence-electron chi connectivity index (χ2n) is 4.41. The number of nitro benzene ring substituents is 1. The highest BCUT2D eigenvalue weighted by atomic mass is 32.1. The molecule has 0 saturated carbocycles. The molecule has 7 nitrogen and oxygen atoms in total. The highest BCUT2D eigenvalue weighted by Crippen LogP contribution is 2.34. The first-order chi connectivity index (χ1) is 10.6. The Morgan fingerprint density at radius 1 is 1.41 bits per heavy atom. The van der Waals surface area contributed by atoms with E-state index in [4.69, 9.17) is 4.74 Å². The van der Waals surface area contributed by atoms with Gasteiger partial charge in [-0.2, -0.15) is 0 Å². The summed E-state index contributed by atoms with van der Waals surface area (Å²) in [6, 6.07) is 6.52. The first-order valence-electron chi connectivity index (χ1n) is 6.49. The second kappa shape index (κ2) is 5.57. The number of aromatic nitrogens is 2. The molecule has 1 aromatic carbocycles. The summed E-state index contributed by atoms with van der Waals surface area (Å²) in [7, 11) is 0. The maximum absolute atomic E-state index is 11.6. The van der Waals surface area contributed by atoms with Crippen molar-refractivity contribution in [2.45, 2.75) is 6.92 Å². The van der Waals surface area contributed by atoms with Gasteiger partial charge in [-0.15, -0.1) is 0 Å². The summed E-state index contributed by atoms with van der Waals surface area (Å²) in [4.78, 5) is 27.8. The number of rotatable bonds is 4. The number of imidazole rings is 1. The standard InChI is InChI=1S/C14H11N3O4S/c1-2-21-13(18)10-7-16-8-12(22-14(16)15-10)9-5-3-4-6-11(9)17(19)20/h3-8H,2H2,1H3. The Kier molecular flexibility index (Phi) is 3.60. The number of benzene rings is 1. The molecule has 0 fully saturated rings. The summed E-state index contributed by atoms with van der Waals surface area (Å²) < 4.78 is 6.56. The van der Waals surface area contributed by atoms with Gasteiger partial charge >= 0.3 is 5.97 Å². The van der Waals surface area contributed by atoms with Crippen LogP contribution in [0, 0.1) is 10.1 Å². The number of nitro groups is 1. The lowest BCUT2D eigenvalue weighted by Crippen LogP contribution is -2.04. The number of nitrogens with zero attached hydrogens (tertiary/aromatic N) is 3. The largest absolute Gasteiger partial charge is 0.461 e. The van der Waals surface area contributed by atoms with Gasteiger partial charge in [0.2, 0.25) is 0 Å². The fourth-order valence-corrected chi connectivity index (χ4v) is 3.07. The van der Waals surface area contributed by atoms with Gasteiger partial charge in [0, 0.05) is 18.5 Å². The van der Waals surface area contributed by atoms with Gasteiger partial charge in [0.15, 0.2) is 10.7 Å². The number of carbonyl (C=O) groups excluding carboxylic acids is 1. The van der Waals surface area contributed by atoms with Gasteiger partial charge in [0.25, 0.3) is 5.69 Å². The minimum absolute atomic E-state index is 0.0395. The summed E-state index contributed by atoms with van der Waals surface area (Å²) in [6.45, 7) is 2.01. The average Bonchev–Trinajstić information content (AvgIpc) is 3.06. The maximum atomic E-state index is 11.6. The zero-order valence-electron chi connectivity index (χ0n) is 11.6. The molecule has 8 heteroatoms. The third-order valence-corrected chi connectivity index (χ3v) is 4.04. The van der Waals surface area contributed by atoms with Crippen LogP contribution in [0.5, 0.6) is 0 Å². The maximum Gasteiger partial charge on any atom is 0.358 e. The summed E-state index contributed by atoms with van der Waals surface area (Å²) in [6.07, 6.45) is 3.28. The topological polar surface area (TPSA) is 86.7 Å². The van der Waals surface area contributed by atoms with E-state index >= 15 is 0 Å². The molecule has 0 spiro atoms.